The topological polar surface area (TPSA) is 24.9 Å². The molecule has 1 aromatic heterocycles. The van der Waals surface area contributed by atoms with Gasteiger partial charge in [0, 0.05) is 17.1 Å². The van der Waals surface area contributed by atoms with Crippen molar-refractivity contribution >= 4 is 44.6 Å². The molecule has 0 radical (unpaired) electrons. The van der Waals surface area contributed by atoms with Gasteiger partial charge in [0.1, 0.15) is 0 Å². The highest BCUT2D eigenvalue weighted by Crippen LogP contribution is 2.30. The average Bonchev–Trinajstić information content (AvgIpc) is 2.75. The Kier molecular flexibility index (Phi) is 4.14. The summed E-state index contributed by atoms with van der Waals surface area (Å²) < 4.78 is 39.4. The van der Waals surface area contributed by atoms with Crippen LogP contribution in [0.4, 0.5) is 18.9 Å². The van der Waals surface area contributed by atoms with E-state index in [2.05, 4.69) is 26.2 Å². The average molecular weight is 358 g/mol. The summed E-state index contributed by atoms with van der Waals surface area (Å²) >= 11 is 9.75. The van der Waals surface area contributed by atoms with Crippen molar-refractivity contribution in [3.63, 3.8) is 0 Å². The lowest BCUT2D eigenvalue weighted by Crippen LogP contribution is -2.02. The first-order valence-corrected chi connectivity index (χ1v) is 6.65. The summed E-state index contributed by atoms with van der Waals surface area (Å²) in [5, 5.41) is 2.77. The molecule has 2 aromatic rings. The minimum atomic E-state index is -1.51. The second kappa shape index (κ2) is 5.46. The molecule has 1 N–H and O–H groups in total. The molecule has 0 saturated heterocycles. The first kappa shape index (κ1) is 13.6. The Balaban J connectivity index is 2.19. The fraction of sp³-hybridized carbons (Fsp3) is 0.100. The normalized spacial score (nSPS) is 10.7. The van der Waals surface area contributed by atoms with E-state index in [-0.39, 0.29) is 16.7 Å². The third-order valence-electron chi connectivity index (χ3n) is 2.08. The second-order valence-electron chi connectivity index (χ2n) is 3.28. The maximum absolute atomic E-state index is 13.2. The van der Waals surface area contributed by atoms with Gasteiger partial charge in [0.2, 0.25) is 0 Å². The van der Waals surface area contributed by atoms with Crippen molar-refractivity contribution in [3.05, 3.63) is 43.5 Å². The fourth-order valence-electron chi connectivity index (χ4n) is 1.25. The molecule has 0 aliphatic carbocycles. The zero-order valence-corrected chi connectivity index (χ0v) is 11.8. The minimum absolute atomic E-state index is 0.121. The third-order valence-corrected chi connectivity index (χ3v) is 3.97. The van der Waals surface area contributed by atoms with E-state index in [1.807, 2.05) is 0 Å². The number of nitrogens with one attached hydrogen (secondary N) is 1. The van der Waals surface area contributed by atoms with Crippen molar-refractivity contribution in [3.8, 4) is 0 Å². The summed E-state index contributed by atoms with van der Waals surface area (Å²) in [6, 6.07) is 0.880. The Bertz CT molecular complexity index is 591. The van der Waals surface area contributed by atoms with Crippen molar-refractivity contribution in [2.75, 3.05) is 5.32 Å². The third kappa shape index (κ3) is 2.78. The molecule has 0 saturated carbocycles. The largest absolute Gasteiger partial charge is 0.379 e. The van der Waals surface area contributed by atoms with Crippen molar-refractivity contribution in [1.82, 2.24) is 4.98 Å². The Morgan fingerprint density at radius 2 is 2.06 bits per heavy atom. The van der Waals surface area contributed by atoms with Crippen LogP contribution >= 0.6 is 38.9 Å². The molecular formula is C10H5BrClF3N2S. The molecule has 1 heterocycles. The van der Waals surface area contributed by atoms with Crippen LogP contribution in [0.25, 0.3) is 0 Å². The molecule has 0 fully saturated rings. The molecule has 0 aliphatic rings. The molecule has 0 amide bonds. The van der Waals surface area contributed by atoms with E-state index in [9.17, 15) is 13.2 Å². The van der Waals surface area contributed by atoms with E-state index in [4.69, 9.17) is 11.6 Å². The van der Waals surface area contributed by atoms with Crippen LogP contribution in [-0.2, 0) is 6.54 Å². The van der Waals surface area contributed by atoms with Crippen molar-refractivity contribution in [2.24, 2.45) is 0 Å². The lowest BCUT2D eigenvalue weighted by molar-refractivity contribution is 0.445. The molecule has 1 aromatic carbocycles. The molecule has 0 bridgehead atoms. The van der Waals surface area contributed by atoms with Crippen LogP contribution in [0.2, 0.25) is 4.47 Å². The van der Waals surface area contributed by atoms with E-state index in [0.29, 0.717) is 4.47 Å². The molecule has 0 atom stereocenters. The van der Waals surface area contributed by atoms with Crippen molar-refractivity contribution in [1.29, 1.82) is 0 Å². The van der Waals surface area contributed by atoms with Gasteiger partial charge in [0.15, 0.2) is 21.9 Å². The van der Waals surface area contributed by atoms with Gasteiger partial charge in [-0.15, -0.1) is 11.3 Å². The van der Waals surface area contributed by atoms with Crippen LogP contribution in [0.15, 0.2) is 16.7 Å². The van der Waals surface area contributed by atoms with Gasteiger partial charge in [-0.1, -0.05) is 11.6 Å². The Morgan fingerprint density at radius 1 is 1.33 bits per heavy atom. The molecule has 2 rings (SSSR count). The first-order chi connectivity index (χ1) is 8.49. The summed E-state index contributed by atoms with van der Waals surface area (Å²) in [4.78, 5) is 4.61. The second-order valence-corrected chi connectivity index (χ2v) is 5.77. The molecule has 18 heavy (non-hydrogen) atoms. The number of thiazole rings is 1. The molecule has 0 unspecified atom stereocenters. The maximum Gasteiger partial charge on any atom is 0.195 e. The highest BCUT2D eigenvalue weighted by Gasteiger charge is 2.16. The minimum Gasteiger partial charge on any atom is -0.379 e. The summed E-state index contributed by atoms with van der Waals surface area (Å²) in [6.07, 6.45) is 1.55. The van der Waals surface area contributed by atoms with E-state index in [1.165, 1.54) is 11.3 Å². The number of halogens is 5. The van der Waals surface area contributed by atoms with Gasteiger partial charge in [0.05, 0.1) is 16.7 Å². The van der Waals surface area contributed by atoms with Gasteiger partial charge in [0.25, 0.3) is 0 Å². The summed E-state index contributed by atoms with van der Waals surface area (Å²) in [5.41, 5.74) is 0.121. The highest BCUT2D eigenvalue weighted by molar-refractivity contribution is 9.10. The molecule has 0 aliphatic heterocycles. The predicted molar refractivity (Wildman–Crippen MR) is 68.5 cm³/mol. The molecule has 96 valence electrons. The molecule has 0 spiro atoms. The van der Waals surface area contributed by atoms with Crippen molar-refractivity contribution in [2.45, 2.75) is 6.54 Å². The number of nitrogens with zero attached hydrogens (tertiary/aromatic N) is 1. The van der Waals surface area contributed by atoms with Crippen LogP contribution < -0.4 is 5.32 Å². The highest BCUT2D eigenvalue weighted by atomic mass is 79.9. The van der Waals surface area contributed by atoms with Crippen LogP contribution in [0.3, 0.4) is 0 Å². The van der Waals surface area contributed by atoms with E-state index in [0.717, 1.165) is 10.9 Å². The Morgan fingerprint density at radius 3 is 2.67 bits per heavy atom. The number of hydrogen-bond acceptors (Lipinski definition) is 3. The van der Waals surface area contributed by atoms with Gasteiger partial charge in [-0.2, -0.15) is 0 Å². The van der Waals surface area contributed by atoms with Crippen LogP contribution in [0.1, 0.15) is 4.88 Å². The first-order valence-electron chi connectivity index (χ1n) is 4.66. The van der Waals surface area contributed by atoms with Crippen LogP contribution in [-0.4, -0.2) is 4.98 Å². The van der Waals surface area contributed by atoms with Gasteiger partial charge in [-0.05, 0) is 15.9 Å². The quantitative estimate of drug-likeness (QED) is 0.642. The predicted octanol–water partition coefficient (Wildman–Crippen LogP) is 4.59. The Hall–Kier alpha value is -0.790. The van der Waals surface area contributed by atoms with E-state index in [1.54, 1.807) is 6.20 Å². The molecular weight excluding hydrogens is 353 g/mol. The van der Waals surface area contributed by atoms with Gasteiger partial charge >= 0.3 is 0 Å². The summed E-state index contributed by atoms with van der Waals surface area (Å²) in [6.45, 7) is 0.285. The maximum atomic E-state index is 13.2. The van der Waals surface area contributed by atoms with Crippen LogP contribution in [0.5, 0.6) is 0 Å². The van der Waals surface area contributed by atoms with Crippen LogP contribution in [0, 0.1) is 17.5 Å². The monoisotopic (exact) mass is 356 g/mol. The molecule has 8 heteroatoms. The Labute approximate surface area is 118 Å². The number of benzene rings is 1. The number of aromatic nitrogens is 1. The van der Waals surface area contributed by atoms with E-state index >= 15 is 0 Å². The fourth-order valence-corrected chi connectivity index (χ4v) is 2.60. The molecule has 2 nitrogen and oxygen atoms in total. The van der Waals surface area contributed by atoms with Gasteiger partial charge in [-0.25, -0.2) is 18.2 Å². The zero-order chi connectivity index (χ0) is 13.3. The lowest BCUT2D eigenvalue weighted by atomic mass is 10.3. The van der Waals surface area contributed by atoms with Crippen molar-refractivity contribution < 1.29 is 13.2 Å². The summed E-state index contributed by atoms with van der Waals surface area (Å²) in [7, 11) is 0. The summed E-state index contributed by atoms with van der Waals surface area (Å²) in [5.74, 6) is -4.02. The van der Waals surface area contributed by atoms with E-state index < -0.39 is 17.5 Å². The van der Waals surface area contributed by atoms with Gasteiger partial charge < -0.3 is 5.32 Å². The van der Waals surface area contributed by atoms with Gasteiger partial charge in [-0.3, -0.25) is 0 Å². The number of rotatable bonds is 3. The number of hydrogen-bond donors (Lipinski definition) is 1. The smallest absolute Gasteiger partial charge is 0.195 e. The SMILES string of the molecule is Fc1cc(NCc2cnc(Cl)s2)c(Br)c(F)c1F. The lowest BCUT2D eigenvalue weighted by Gasteiger charge is -2.09. The standard InChI is InChI=1S/C10H5BrClF3N2S/c11-7-6(1-5(13)8(14)9(7)15)16-2-4-3-17-10(12)18-4/h1,3,16H,2H2. The number of anilines is 1. The zero-order valence-electron chi connectivity index (χ0n) is 8.61.